The van der Waals surface area contributed by atoms with E-state index in [2.05, 4.69) is 38.7 Å². The normalized spacial score (nSPS) is 24.1. The second kappa shape index (κ2) is 9.71. The average Bonchev–Trinajstić information content (AvgIpc) is 3.11. The first-order valence-corrected chi connectivity index (χ1v) is 12.1. The molecule has 36 heavy (non-hydrogen) atoms. The van der Waals surface area contributed by atoms with Gasteiger partial charge in [0, 0.05) is 55.5 Å². The molecule has 188 valence electrons. The lowest BCUT2D eigenvalue weighted by Gasteiger charge is -2.35. The summed E-state index contributed by atoms with van der Waals surface area (Å²) in [6.07, 6.45) is 4.49. The Morgan fingerprint density at radius 2 is 2.03 bits per heavy atom. The van der Waals surface area contributed by atoms with E-state index in [1.807, 2.05) is 48.3 Å². The van der Waals surface area contributed by atoms with Crippen LogP contribution in [0, 0.1) is 5.41 Å². The van der Waals surface area contributed by atoms with Crippen LogP contribution in [-0.4, -0.2) is 84.0 Å². The van der Waals surface area contributed by atoms with Crippen LogP contribution >= 0.6 is 0 Å². The summed E-state index contributed by atoms with van der Waals surface area (Å²) in [6.45, 7) is 9.75. The Bertz CT molecular complexity index is 1190. The van der Waals surface area contributed by atoms with Crippen molar-refractivity contribution in [1.29, 1.82) is 0 Å². The number of carbonyl (C=O) groups is 1. The maximum absolute atomic E-state index is 13.4. The number of aromatic nitrogens is 1. The first-order valence-electron chi connectivity index (χ1n) is 12.1. The van der Waals surface area contributed by atoms with Crippen molar-refractivity contribution in [1.82, 2.24) is 14.9 Å². The van der Waals surface area contributed by atoms with Crippen molar-refractivity contribution in [2.45, 2.75) is 19.7 Å². The van der Waals surface area contributed by atoms with Crippen LogP contribution in [0.25, 0.3) is 0 Å². The van der Waals surface area contributed by atoms with Crippen molar-refractivity contribution in [2.75, 3.05) is 55.0 Å². The molecule has 4 heterocycles. The second-order valence-corrected chi connectivity index (χ2v) is 9.49. The number of guanidine groups is 1. The number of amides is 1. The zero-order valence-corrected chi connectivity index (χ0v) is 20.7. The van der Waals surface area contributed by atoms with Crippen LogP contribution in [0.5, 0.6) is 0 Å². The van der Waals surface area contributed by atoms with Gasteiger partial charge in [0.1, 0.15) is 11.2 Å². The summed E-state index contributed by atoms with van der Waals surface area (Å²) >= 11 is 0. The van der Waals surface area contributed by atoms with E-state index in [1.54, 1.807) is 23.5 Å². The number of pyridine rings is 1. The number of hydrogen-bond acceptors (Lipinski definition) is 9. The summed E-state index contributed by atoms with van der Waals surface area (Å²) < 4.78 is 0. The second-order valence-electron chi connectivity index (χ2n) is 9.49. The number of nitrogens with one attached hydrogen (secondary N) is 1. The highest BCUT2D eigenvalue weighted by Crippen LogP contribution is 2.40. The molecule has 1 amide bonds. The molecular formula is C26H32N8O2. The maximum atomic E-state index is 13.4. The summed E-state index contributed by atoms with van der Waals surface area (Å²) in [4.78, 5) is 31.8. The quantitative estimate of drug-likeness (QED) is 0.600. The lowest BCUT2D eigenvalue weighted by Crippen LogP contribution is -2.45. The molecule has 2 saturated heterocycles. The Morgan fingerprint density at radius 3 is 2.72 bits per heavy atom. The van der Waals surface area contributed by atoms with E-state index < -0.39 is 11.6 Å². The number of aliphatic hydroxyl groups is 1. The first-order chi connectivity index (χ1) is 17.4. The van der Waals surface area contributed by atoms with Gasteiger partial charge in [-0.2, -0.15) is 0 Å². The van der Waals surface area contributed by atoms with Crippen molar-refractivity contribution in [2.24, 2.45) is 15.4 Å². The topological polar surface area (TPSA) is 99.9 Å². The van der Waals surface area contributed by atoms with Crippen LogP contribution in [0.2, 0.25) is 0 Å². The Kier molecular flexibility index (Phi) is 6.46. The first kappa shape index (κ1) is 24.0. The highest BCUT2D eigenvalue weighted by atomic mass is 16.3. The number of hydrazine groups is 1. The smallest absolute Gasteiger partial charge is 0.257 e. The van der Waals surface area contributed by atoms with Crippen LogP contribution in [0.3, 0.4) is 0 Å². The van der Waals surface area contributed by atoms with Gasteiger partial charge in [0.25, 0.3) is 5.91 Å². The van der Waals surface area contributed by atoms with Crippen molar-refractivity contribution in [3.05, 3.63) is 60.8 Å². The molecule has 2 aromatic rings. The van der Waals surface area contributed by atoms with Gasteiger partial charge in [-0.25, -0.2) is 25.0 Å². The van der Waals surface area contributed by atoms with Crippen molar-refractivity contribution >= 4 is 35.3 Å². The van der Waals surface area contributed by atoms with E-state index in [4.69, 9.17) is 4.99 Å². The number of piperazine rings is 1. The molecule has 2 N–H and O–H groups in total. The molecule has 5 rings (SSSR count). The standard InChI is InChI=1S/C26H32N8O2/c1-4-11-33-24(36)26(2)18-28-25(30-23(26)34(33)22-7-5-6-10-27-22)29-20-8-9-21(19(16-20)17-35)32-14-12-31(3)13-15-32/h4-10,16,18,23,35H,1,11-15,17H2,2-3H3,(H,29,30). The molecule has 2 atom stereocenters. The Balaban J connectivity index is 1.42. The third-order valence-corrected chi connectivity index (χ3v) is 6.96. The van der Waals surface area contributed by atoms with Crippen LogP contribution in [0.1, 0.15) is 12.5 Å². The molecule has 1 aromatic heterocycles. The van der Waals surface area contributed by atoms with Crippen LogP contribution < -0.4 is 15.2 Å². The van der Waals surface area contributed by atoms with Crippen LogP contribution in [-0.2, 0) is 11.4 Å². The van der Waals surface area contributed by atoms with Gasteiger partial charge in [-0.3, -0.25) is 4.79 Å². The minimum atomic E-state index is -0.937. The van der Waals surface area contributed by atoms with Crippen molar-refractivity contribution < 1.29 is 9.90 Å². The van der Waals surface area contributed by atoms with Crippen molar-refractivity contribution in [3.8, 4) is 0 Å². The molecule has 0 spiro atoms. The van der Waals surface area contributed by atoms with E-state index >= 15 is 0 Å². The van der Waals surface area contributed by atoms with Gasteiger partial charge in [0.2, 0.25) is 5.96 Å². The van der Waals surface area contributed by atoms with Crippen LogP contribution in [0.15, 0.2) is 65.2 Å². The highest BCUT2D eigenvalue weighted by Gasteiger charge is 2.56. The fraction of sp³-hybridized carbons (Fsp3) is 0.385. The van der Waals surface area contributed by atoms with E-state index in [9.17, 15) is 9.90 Å². The highest BCUT2D eigenvalue weighted by molar-refractivity contribution is 6.10. The molecule has 10 heteroatoms. The Hall–Kier alpha value is -3.76. The van der Waals surface area contributed by atoms with E-state index in [1.165, 1.54) is 0 Å². The Morgan fingerprint density at radius 1 is 1.22 bits per heavy atom. The van der Waals surface area contributed by atoms with E-state index in [-0.39, 0.29) is 12.5 Å². The number of aliphatic hydroxyl groups excluding tert-OH is 1. The van der Waals surface area contributed by atoms with Gasteiger partial charge in [0.05, 0.1) is 13.2 Å². The molecule has 0 saturated carbocycles. The van der Waals surface area contributed by atoms with Gasteiger partial charge in [-0.05, 0) is 44.3 Å². The third-order valence-electron chi connectivity index (χ3n) is 6.96. The molecule has 0 radical (unpaired) electrons. The lowest BCUT2D eigenvalue weighted by molar-refractivity contribution is -0.132. The largest absolute Gasteiger partial charge is 0.392 e. The number of fused-ring (bicyclic) bond motifs is 1. The summed E-state index contributed by atoms with van der Waals surface area (Å²) in [7, 11) is 2.12. The predicted octanol–water partition coefficient (Wildman–Crippen LogP) is 1.96. The number of anilines is 3. The zero-order chi connectivity index (χ0) is 25.3. The molecule has 1 aromatic carbocycles. The lowest BCUT2D eigenvalue weighted by atomic mass is 9.88. The fourth-order valence-electron chi connectivity index (χ4n) is 4.90. The third kappa shape index (κ3) is 4.22. The molecule has 3 aliphatic rings. The average molecular weight is 489 g/mol. The number of aliphatic imine (C=N–C) groups is 2. The minimum Gasteiger partial charge on any atom is -0.392 e. The summed E-state index contributed by atoms with van der Waals surface area (Å²) in [5.74, 6) is 0.908. The molecule has 0 aliphatic carbocycles. The molecule has 10 nitrogen and oxygen atoms in total. The maximum Gasteiger partial charge on any atom is 0.257 e. The van der Waals surface area contributed by atoms with Gasteiger partial charge < -0.3 is 20.2 Å². The molecule has 3 aliphatic heterocycles. The zero-order valence-electron chi connectivity index (χ0n) is 20.7. The summed E-state index contributed by atoms with van der Waals surface area (Å²) in [5, 5.41) is 16.8. The minimum absolute atomic E-state index is 0.0634. The van der Waals surface area contributed by atoms with Gasteiger partial charge in [-0.1, -0.05) is 12.1 Å². The van der Waals surface area contributed by atoms with E-state index in [0.717, 1.165) is 43.1 Å². The summed E-state index contributed by atoms with van der Waals surface area (Å²) in [6, 6.07) is 11.5. The molecule has 2 unspecified atom stereocenters. The van der Waals surface area contributed by atoms with Crippen molar-refractivity contribution in [3.63, 3.8) is 0 Å². The number of rotatable bonds is 6. The number of carbonyl (C=O) groups excluding carboxylic acids is 1. The summed E-state index contributed by atoms with van der Waals surface area (Å²) in [5.41, 5.74) is 1.72. The molecule has 0 bridgehead atoms. The predicted molar refractivity (Wildman–Crippen MR) is 142 cm³/mol. The molecule has 2 fully saturated rings. The number of benzene rings is 1. The fourth-order valence-corrected chi connectivity index (χ4v) is 4.90. The van der Waals surface area contributed by atoms with Crippen LogP contribution in [0.4, 0.5) is 17.2 Å². The van der Waals surface area contributed by atoms with Gasteiger partial charge in [-0.15, -0.1) is 6.58 Å². The number of hydrogen-bond donors (Lipinski definition) is 2. The van der Waals surface area contributed by atoms with Gasteiger partial charge in [0.15, 0.2) is 6.17 Å². The van der Waals surface area contributed by atoms with Gasteiger partial charge >= 0.3 is 0 Å². The SMILES string of the molecule is C=CCN1C(=O)C2(C)C=NC(Nc3ccc(N4CCN(C)CC4)c(CO)c3)=NC2N1c1ccccn1. The monoisotopic (exact) mass is 488 g/mol. The van der Waals surface area contributed by atoms with E-state index in [0.29, 0.717) is 18.3 Å². The number of likely N-dealkylation sites (N-methyl/N-ethyl adjacent to an activating group) is 1. The number of nitrogens with zero attached hydrogens (tertiary/aromatic N) is 7. The Labute approximate surface area is 211 Å². The molecular weight excluding hydrogens is 456 g/mol.